The molecule has 1 fully saturated rings. The number of anilines is 1. The molecule has 5 nitrogen and oxygen atoms in total. The van der Waals surface area contributed by atoms with Crippen molar-refractivity contribution in [2.45, 2.75) is 25.4 Å². The van der Waals surface area contributed by atoms with Crippen molar-refractivity contribution in [2.24, 2.45) is 0 Å². The minimum absolute atomic E-state index is 0.153. The fourth-order valence-electron chi connectivity index (χ4n) is 3.51. The zero-order valence-corrected chi connectivity index (χ0v) is 17.1. The molecule has 4 rings (SSSR count). The molecule has 0 spiro atoms. The molecule has 2 N–H and O–H groups in total. The van der Waals surface area contributed by atoms with Gasteiger partial charge in [-0.3, -0.25) is 4.79 Å². The molecule has 0 bridgehead atoms. The van der Waals surface area contributed by atoms with Crippen LogP contribution in [0.4, 0.5) is 14.9 Å². The number of carbonyl (C=O) groups is 2. The molecule has 0 aliphatic carbocycles. The average Bonchev–Trinajstić information content (AvgIpc) is 3.44. The minimum Gasteiger partial charge on any atom is -0.334 e. The minimum atomic E-state index is -0.353. The van der Waals surface area contributed by atoms with Crippen molar-refractivity contribution < 1.29 is 14.0 Å². The molecule has 2 aromatic carbocycles. The van der Waals surface area contributed by atoms with Gasteiger partial charge in [0.05, 0.1) is 6.04 Å². The van der Waals surface area contributed by atoms with Crippen LogP contribution in [0.2, 0.25) is 0 Å². The van der Waals surface area contributed by atoms with Crippen LogP contribution in [-0.4, -0.2) is 18.5 Å². The summed E-state index contributed by atoms with van der Waals surface area (Å²) in [6.07, 6.45) is 1.49. The summed E-state index contributed by atoms with van der Waals surface area (Å²) in [5.74, 6) is -0.159. The first-order valence-electron chi connectivity index (χ1n) is 9.83. The Morgan fingerprint density at radius 1 is 1.10 bits per heavy atom. The summed E-state index contributed by atoms with van der Waals surface area (Å²) < 4.78 is 13.3. The molecule has 3 amide bonds. The highest BCUT2D eigenvalue weighted by Gasteiger charge is 2.21. The molecule has 154 valence electrons. The van der Waals surface area contributed by atoms with Crippen LogP contribution in [0.25, 0.3) is 0 Å². The molecular formula is C23H22FN3O2S. The number of benzene rings is 2. The molecule has 0 unspecified atom stereocenters. The normalized spacial score (nSPS) is 14.6. The summed E-state index contributed by atoms with van der Waals surface area (Å²) >= 11 is 1.53. The van der Waals surface area contributed by atoms with E-state index >= 15 is 0 Å². The molecule has 1 saturated heterocycles. The van der Waals surface area contributed by atoms with Gasteiger partial charge < -0.3 is 15.5 Å². The molecule has 0 saturated carbocycles. The van der Waals surface area contributed by atoms with Gasteiger partial charge in [-0.05, 0) is 53.3 Å². The average molecular weight is 424 g/mol. The van der Waals surface area contributed by atoms with Gasteiger partial charge in [0.15, 0.2) is 0 Å². The maximum absolute atomic E-state index is 13.3. The van der Waals surface area contributed by atoms with E-state index in [2.05, 4.69) is 10.6 Å². The lowest BCUT2D eigenvalue weighted by Crippen LogP contribution is -2.37. The van der Waals surface area contributed by atoms with Crippen LogP contribution in [0.5, 0.6) is 0 Å². The van der Waals surface area contributed by atoms with Crippen LogP contribution in [-0.2, 0) is 11.3 Å². The van der Waals surface area contributed by atoms with E-state index in [-0.39, 0.29) is 23.8 Å². The summed E-state index contributed by atoms with van der Waals surface area (Å²) in [6, 6.07) is 17.0. The van der Waals surface area contributed by atoms with Gasteiger partial charge >= 0.3 is 6.03 Å². The molecule has 1 aromatic heterocycles. The quantitative estimate of drug-likeness (QED) is 0.609. The molecule has 30 heavy (non-hydrogen) atoms. The summed E-state index contributed by atoms with van der Waals surface area (Å²) in [6.45, 7) is 1.12. The molecule has 2 heterocycles. The van der Waals surface area contributed by atoms with Gasteiger partial charge in [0.1, 0.15) is 5.82 Å². The topological polar surface area (TPSA) is 61.4 Å². The number of carbonyl (C=O) groups excluding carboxylic acids is 2. The standard InChI is InChI=1S/C23H22FN3O2S/c24-18-9-7-17(8-10-18)22(20-3-2-14-30-20)26-23(29)25-15-16-5-11-19(12-6-16)27-13-1-4-21(27)28/h2-3,5-12,14,22H,1,4,13,15H2,(H2,25,26,29)/t22-/m0/s1. The second-order valence-electron chi connectivity index (χ2n) is 7.14. The number of nitrogens with one attached hydrogen (secondary N) is 2. The number of halogens is 1. The fraction of sp³-hybridized carbons (Fsp3) is 0.217. The molecule has 1 atom stereocenters. The van der Waals surface area contributed by atoms with E-state index < -0.39 is 0 Å². The van der Waals surface area contributed by atoms with Crippen LogP contribution in [0.3, 0.4) is 0 Å². The van der Waals surface area contributed by atoms with Crippen molar-refractivity contribution in [3.05, 3.63) is 87.9 Å². The predicted octanol–water partition coefficient (Wildman–Crippen LogP) is 4.60. The fourth-order valence-corrected chi connectivity index (χ4v) is 4.31. The summed E-state index contributed by atoms with van der Waals surface area (Å²) in [5.41, 5.74) is 2.64. The zero-order chi connectivity index (χ0) is 20.9. The lowest BCUT2D eigenvalue weighted by molar-refractivity contribution is -0.117. The van der Waals surface area contributed by atoms with E-state index in [0.29, 0.717) is 13.0 Å². The third-order valence-corrected chi connectivity index (χ3v) is 6.02. The van der Waals surface area contributed by atoms with E-state index in [9.17, 15) is 14.0 Å². The van der Waals surface area contributed by atoms with E-state index in [1.165, 1.54) is 23.5 Å². The second-order valence-corrected chi connectivity index (χ2v) is 8.12. The Morgan fingerprint density at radius 2 is 1.87 bits per heavy atom. The Labute approximate surface area is 178 Å². The number of amides is 3. The Kier molecular flexibility index (Phi) is 6.09. The van der Waals surface area contributed by atoms with Crippen molar-refractivity contribution in [1.29, 1.82) is 0 Å². The highest BCUT2D eigenvalue weighted by Crippen LogP contribution is 2.26. The Morgan fingerprint density at radius 3 is 2.50 bits per heavy atom. The van der Waals surface area contributed by atoms with Gasteiger partial charge in [-0.1, -0.05) is 30.3 Å². The third-order valence-electron chi connectivity index (χ3n) is 5.08. The van der Waals surface area contributed by atoms with Gasteiger partial charge in [0.2, 0.25) is 5.91 Å². The highest BCUT2D eigenvalue weighted by molar-refractivity contribution is 7.10. The molecule has 0 radical (unpaired) electrons. The Bertz CT molecular complexity index is 1000. The van der Waals surface area contributed by atoms with Crippen molar-refractivity contribution >= 4 is 29.0 Å². The maximum atomic E-state index is 13.3. The number of hydrogen-bond donors (Lipinski definition) is 2. The first-order chi connectivity index (χ1) is 14.6. The lowest BCUT2D eigenvalue weighted by Gasteiger charge is -2.19. The number of urea groups is 1. The van der Waals surface area contributed by atoms with Crippen LogP contribution in [0, 0.1) is 5.82 Å². The van der Waals surface area contributed by atoms with Gasteiger partial charge in [-0.15, -0.1) is 11.3 Å². The van der Waals surface area contributed by atoms with E-state index in [0.717, 1.165) is 34.7 Å². The van der Waals surface area contributed by atoms with Crippen molar-refractivity contribution in [1.82, 2.24) is 10.6 Å². The van der Waals surface area contributed by atoms with E-state index in [1.54, 1.807) is 17.0 Å². The number of hydrogen-bond acceptors (Lipinski definition) is 3. The molecular weight excluding hydrogens is 401 g/mol. The number of rotatable bonds is 6. The van der Waals surface area contributed by atoms with Crippen LogP contribution in [0.1, 0.15) is 34.9 Å². The van der Waals surface area contributed by atoms with Crippen molar-refractivity contribution in [2.75, 3.05) is 11.4 Å². The van der Waals surface area contributed by atoms with Gasteiger partial charge in [-0.25, -0.2) is 9.18 Å². The van der Waals surface area contributed by atoms with E-state index in [1.807, 2.05) is 41.8 Å². The summed E-state index contributed by atoms with van der Waals surface area (Å²) in [4.78, 5) is 27.1. The van der Waals surface area contributed by atoms with Crippen LogP contribution < -0.4 is 15.5 Å². The molecule has 3 aromatic rings. The summed E-state index contributed by atoms with van der Waals surface area (Å²) in [5, 5.41) is 7.79. The first kappa shape index (κ1) is 20.1. The summed E-state index contributed by atoms with van der Waals surface area (Å²) in [7, 11) is 0. The van der Waals surface area contributed by atoms with Crippen molar-refractivity contribution in [3.8, 4) is 0 Å². The SMILES string of the molecule is O=C(NCc1ccc(N2CCCC2=O)cc1)N[C@@H](c1ccc(F)cc1)c1cccs1. The monoisotopic (exact) mass is 423 g/mol. The molecule has 1 aliphatic rings. The largest absolute Gasteiger partial charge is 0.334 e. The van der Waals surface area contributed by atoms with Gasteiger partial charge in [-0.2, -0.15) is 0 Å². The molecule has 1 aliphatic heterocycles. The van der Waals surface area contributed by atoms with Crippen LogP contribution in [0.15, 0.2) is 66.0 Å². The first-order valence-corrected chi connectivity index (χ1v) is 10.7. The van der Waals surface area contributed by atoms with Crippen molar-refractivity contribution in [3.63, 3.8) is 0 Å². The van der Waals surface area contributed by atoms with Crippen LogP contribution >= 0.6 is 11.3 Å². The predicted molar refractivity (Wildman–Crippen MR) is 116 cm³/mol. The Hall–Kier alpha value is -3.19. The van der Waals surface area contributed by atoms with Gasteiger partial charge in [0, 0.05) is 30.1 Å². The van der Waals surface area contributed by atoms with Gasteiger partial charge in [0.25, 0.3) is 0 Å². The molecule has 7 heteroatoms. The lowest BCUT2D eigenvalue weighted by atomic mass is 10.1. The number of nitrogens with zero attached hydrogens (tertiary/aromatic N) is 1. The van der Waals surface area contributed by atoms with E-state index in [4.69, 9.17) is 0 Å². The maximum Gasteiger partial charge on any atom is 0.315 e. The second kappa shape index (κ2) is 9.09. The number of thiophene rings is 1. The third kappa shape index (κ3) is 4.68. The highest BCUT2D eigenvalue weighted by atomic mass is 32.1. The zero-order valence-electron chi connectivity index (χ0n) is 16.3. The smallest absolute Gasteiger partial charge is 0.315 e. The Balaban J connectivity index is 1.38.